The maximum absolute atomic E-state index is 5.44. The van der Waals surface area contributed by atoms with Crippen molar-refractivity contribution in [2.75, 3.05) is 13.1 Å². The van der Waals surface area contributed by atoms with Crippen molar-refractivity contribution >= 4 is 29.9 Å². The molecule has 0 aromatic carbocycles. The number of hydrogen-bond donors (Lipinski definition) is 2. The molecular weight excluding hydrogens is 453 g/mol. The van der Waals surface area contributed by atoms with Crippen LogP contribution in [0.3, 0.4) is 0 Å². The first kappa shape index (κ1) is 23.4. The number of aromatic nitrogens is 2. The molecule has 2 heterocycles. The molecule has 7 heteroatoms. The number of halogens is 1. The van der Waals surface area contributed by atoms with E-state index >= 15 is 0 Å². The van der Waals surface area contributed by atoms with Crippen molar-refractivity contribution in [1.29, 1.82) is 0 Å². The van der Waals surface area contributed by atoms with E-state index in [0.29, 0.717) is 12.5 Å². The normalized spacial score (nSPS) is 11.4. The Labute approximate surface area is 179 Å². The molecule has 0 saturated heterocycles. The molecule has 0 aliphatic carbocycles. The molecule has 0 aliphatic heterocycles. The molecule has 2 aromatic rings. The molecule has 0 aliphatic rings. The summed E-state index contributed by atoms with van der Waals surface area (Å²) >= 11 is 0. The van der Waals surface area contributed by atoms with Crippen molar-refractivity contribution in [2.45, 2.75) is 59.4 Å². The third-order valence-corrected chi connectivity index (χ3v) is 4.40. The van der Waals surface area contributed by atoms with Crippen LogP contribution in [0.25, 0.3) is 0 Å². The van der Waals surface area contributed by atoms with Crippen LogP contribution in [0.2, 0.25) is 0 Å². The van der Waals surface area contributed by atoms with Gasteiger partial charge in [-0.25, -0.2) is 4.99 Å². The number of aryl methyl sites for hydroxylation is 1. The van der Waals surface area contributed by atoms with E-state index < -0.39 is 0 Å². The highest BCUT2D eigenvalue weighted by molar-refractivity contribution is 14.0. The summed E-state index contributed by atoms with van der Waals surface area (Å²) in [5.41, 5.74) is 3.28. The lowest BCUT2D eigenvalue weighted by Crippen LogP contribution is -2.38. The topological polar surface area (TPSA) is 75.3 Å². The largest absolute Gasteiger partial charge is 0.359 e. The zero-order valence-electron chi connectivity index (χ0n) is 16.8. The van der Waals surface area contributed by atoms with Crippen LogP contribution >= 0.6 is 24.0 Å². The second-order valence-electron chi connectivity index (χ2n) is 6.41. The Bertz CT molecular complexity index is 680. The van der Waals surface area contributed by atoms with Gasteiger partial charge in [-0.3, -0.25) is 4.98 Å². The molecule has 2 aromatic heterocycles. The maximum atomic E-state index is 5.44. The van der Waals surface area contributed by atoms with Gasteiger partial charge in [-0.05, 0) is 44.7 Å². The molecule has 6 nitrogen and oxygen atoms in total. The van der Waals surface area contributed by atoms with E-state index in [1.165, 1.54) is 5.56 Å². The van der Waals surface area contributed by atoms with Crippen LogP contribution in [0, 0.1) is 6.92 Å². The molecule has 27 heavy (non-hydrogen) atoms. The van der Waals surface area contributed by atoms with Gasteiger partial charge in [0.2, 0.25) is 0 Å². The van der Waals surface area contributed by atoms with Crippen molar-refractivity contribution in [3.05, 3.63) is 47.1 Å². The highest BCUT2D eigenvalue weighted by Crippen LogP contribution is 2.22. The minimum absolute atomic E-state index is 0. The molecule has 0 atom stereocenters. The summed E-state index contributed by atoms with van der Waals surface area (Å²) in [6.45, 7) is 10.5. The van der Waals surface area contributed by atoms with Gasteiger partial charge < -0.3 is 15.2 Å². The maximum Gasteiger partial charge on any atom is 0.191 e. The fraction of sp³-hybridized carbons (Fsp3) is 0.550. The predicted molar refractivity (Wildman–Crippen MR) is 121 cm³/mol. The fourth-order valence-corrected chi connectivity index (χ4v) is 2.77. The molecule has 2 N–H and O–H groups in total. The molecule has 0 radical (unpaired) electrons. The van der Waals surface area contributed by atoms with E-state index in [1.807, 2.05) is 25.3 Å². The smallest absolute Gasteiger partial charge is 0.191 e. The number of pyridine rings is 1. The first-order valence-corrected chi connectivity index (χ1v) is 9.55. The highest BCUT2D eigenvalue weighted by Gasteiger charge is 2.12. The van der Waals surface area contributed by atoms with E-state index in [0.717, 1.165) is 55.5 Å². The quantitative estimate of drug-likeness (QED) is 0.317. The Balaban J connectivity index is 0.00000364. The Kier molecular flexibility index (Phi) is 11.0. The van der Waals surface area contributed by atoms with Crippen LogP contribution in [0.1, 0.15) is 62.2 Å². The summed E-state index contributed by atoms with van der Waals surface area (Å²) in [5, 5.41) is 10.8. The first-order chi connectivity index (χ1) is 12.7. The molecule has 0 spiro atoms. The van der Waals surface area contributed by atoms with Crippen LogP contribution < -0.4 is 10.6 Å². The van der Waals surface area contributed by atoms with Crippen LogP contribution in [0.4, 0.5) is 0 Å². The molecule has 0 saturated carbocycles. The van der Waals surface area contributed by atoms with Crippen LogP contribution in [0.15, 0.2) is 33.9 Å². The molecule has 0 fully saturated rings. The molecule has 0 unspecified atom stereocenters. The van der Waals surface area contributed by atoms with Gasteiger partial charge in [0.15, 0.2) is 11.7 Å². The van der Waals surface area contributed by atoms with Gasteiger partial charge in [-0.1, -0.05) is 25.1 Å². The van der Waals surface area contributed by atoms with Crippen molar-refractivity contribution in [3.63, 3.8) is 0 Å². The lowest BCUT2D eigenvalue weighted by atomic mass is 9.99. The number of guanidine groups is 1. The van der Waals surface area contributed by atoms with E-state index in [4.69, 9.17) is 4.52 Å². The minimum Gasteiger partial charge on any atom is -0.359 e. The van der Waals surface area contributed by atoms with Gasteiger partial charge in [-0.2, -0.15) is 0 Å². The fourth-order valence-electron chi connectivity index (χ4n) is 2.77. The van der Waals surface area contributed by atoms with Crippen LogP contribution in [0.5, 0.6) is 0 Å². The minimum atomic E-state index is 0. The van der Waals surface area contributed by atoms with E-state index in [1.54, 1.807) is 0 Å². The SMILES string of the molecule is CCNC(=NCc1cc(C(CC)CC)no1)NCCc1ccc(C)nc1.I. The number of nitrogens with one attached hydrogen (secondary N) is 2. The molecule has 150 valence electrons. The van der Waals surface area contributed by atoms with Crippen molar-refractivity contribution in [2.24, 2.45) is 4.99 Å². The monoisotopic (exact) mass is 485 g/mol. The first-order valence-electron chi connectivity index (χ1n) is 9.55. The Hall–Kier alpha value is -1.64. The van der Waals surface area contributed by atoms with Crippen LogP contribution in [-0.4, -0.2) is 29.2 Å². The second-order valence-corrected chi connectivity index (χ2v) is 6.41. The summed E-state index contributed by atoms with van der Waals surface area (Å²) in [5.74, 6) is 2.05. The number of hydrogen-bond acceptors (Lipinski definition) is 4. The van der Waals surface area contributed by atoms with E-state index in [2.05, 4.69) is 52.6 Å². The second kappa shape index (κ2) is 12.7. The third-order valence-electron chi connectivity index (χ3n) is 4.40. The molecule has 0 amide bonds. The van der Waals surface area contributed by atoms with Crippen molar-refractivity contribution in [1.82, 2.24) is 20.8 Å². The summed E-state index contributed by atoms with van der Waals surface area (Å²) in [7, 11) is 0. The predicted octanol–water partition coefficient (Wildman–Crippen LogP) is 4.20. The summed E-state index contributed by atoms with van der Waals surface area (Å²) in [6.07, 6.45) is 4.97. The van der Waals surface area contributed by atoms with Gasteiger partial charge in [0.1, 0.15) is 6.54 Å². The Morgan fingerprint density at radius 1 is 1.19 bits per heavy atom. The van der Waals surface area contributed by atoms with E-state index in [-0.39, 0.29) is 24.0 Å². The number of nitrogens with zero attached hydrogens (tertiary/aromatic N) is 3. The van der Waals surface area contributed by atoms with Crippen molar-refractivity contribution in [3.8, 4) is 0 Å². The third kappa shape index (κ3) is 7.86. The highest BCUT2D eigenvalue weighted by atomic mass is 127. The lowest BCUT2D eigenvalue weighted by molar-refractivity contribution is 0.372. The number of aliphatic imine (C=N–C) groups is 1. The van der Waals surface area contributed by atoms with Crippen LogP contribution in [-0.2, 0) is 13.0 Å². The molecular formula is C20H32IN5O. The zero-order chi connectivity index (χ0) is 18.8. The van der Waals surface area contributed by atoms with Gasteiger partial charge >= 0.3 is 0 Å². The number of rotatable bonds is 9. The molecule has 2 rings (SSSR count). The Morgan fingerprint density at radius 3 is 2.59 bits per heavy atom. The van der Waals surface area contributed by atoms with E-state index in [9.17, 15) is 0 Å². The van der Waals surface area contributed by atoms with Crippen molar-refractivity contribution < 1.29 is 4.52 Å². The Morgan fingerprint density at radius 2 is 1.96 bits per heavy atom. The summed E-state index contributed by atoms with van der Waals surface area (Å²) in [6, 6.07) is 6.18. The average molecular weight is 485 g/mol. The van der Waals surface area contributed by atoms with Gasteiger partial charge in [-0.15, -0.1) is 24.0 Å². The average Bonchev–Trinajstić information content (AvgIpc) is 3.11. The summed E-state index contributed by atoms with van der Waals surface area (Å²) < 4.78 is 5.44. The zero-order valence-corrected chi connectivity index (χ0v) is 19.1. The molecule has 0 bridgehead atoms. The lowest BCUT2D eigenvalue weighted by Gasteiger charge is -2.10. The van der Waals surface area contributed by atoms with Gasteiger partial charge in [0, 0.05) is 37.0 Å². The van der Waals surface area contributed by atoms with Gasteiger partial charge in [0.25, 0.3) is 0 Å². The standard InChI is InChI=1S/C20H31N5O.HI/c1-5-17(6-2)19-12-18(26-25-19)14-24-20(21-7-3)22-11-10-16-9-8-15(4)23-13-16;/h8-9,12-13,17H,5-7,10-11,14H2,1-4H3,(H2,21,22,24);1H. The summed E-state index contributed by atoms with van der Waals surface area (Å²) in [4.78, 5) is 8.93. The van der Waals surface area contributed by atoms with Gasteiger partial charge in [0.05, 0.1) is 5.69 Å².